The maximum absolute atomic E-state index is 5.73. The highest BCUT2D eigenvalue weighted by Crippen LogP contribution is 2.13. The summed E-state index contributed by atoms with van der Waals surface area (Å²) in [6.07, 6.45) is 0. The van der Waals surface area contributed by atoms with Crippen LogP contribution in [-0.4, -0.2) is 19.9 Å². The number of amidine groups is 1. The highest BCUT2D eigenvalue weighted by atomic mass is 14.9. The molecule has 1 atom stereocenters. The van der Waals surface area contributed by atoms with Gasteiger partial charge in [0.25, 0.3) is 0 Å². The second-order valence-corrected chi connectivity index (χ2v) is 3.24. The lowest BCUT2D eigenvalue weighted by atomic mass is 10.0. The molecule has 0 fully saturated rings. The number of hydrogen-bond donors (Lipinski definition) is 2. The third kappa shape index (κ3) is 2.33. The van der Waals surface area contributed by atoms with Crippen molar-refractivity contribution in [2.45, 2.75) is 13.0 Å². The van der Waals surface area contributed by atoms with Gasteiger partial charge >= 0.3 is 0 Å². The molecule has 3 heteroatoms. The maximum Gasteiger partial charge on any atom is 0.125 e. The Balaban J connectivity index is 3.01. The van der Waals surface area contributed by atoms with E-state index in [9.17, 15) is 0 Å². The number of nitrogens with two attached hydrogens (primary N) is 1. The van der Waals surface area contributed by atoms with Gasteiger partial charge in [0.1, 0.15) is 5.84 Å². The summed E-state index contributed by atoms with van der Waals surface area (Å²) in [4.78, 5) is 3.96. The van der Waals surface area contributed by atoms with E-state index < -0.39 is 0 Å². The average Bonchev–Trinajstić information content (AvgIpc) is 2.27. The van der Waals surface area contributed by atoms with Crippen molar-refractivity contribution in [2.24, 2.45) is 10.7 Å². The van der Waals surface area contributed by atoms with Crippen molar-refractivity contribution >= 4 is 5.84 Å². The summed E-state index contributed by atoms with van der Waals surface area (Å²) in [6, 6.07) is 8.43. The van der Waals surface area contributed by atoms with Crippen LogP contribution in [0.15, 0.2) is 29.3 Å². The Morgan fingerprint density at radius 3 is 2.79 bits per heavy atom. The zero-order valence-electron chi connectivity index (χ0n) is 8.91. The molecular formula is C11H17N3. The smallest absolute Gasteiger partial charge is 0.125 e. The average molecular weight is 191 g/mol. The van der Waals surface area contributed by atoms with E-state index in [0.29, 0.717) is 11.9 Å². The van der Waals surface area contributed by atoms with Crippen LogP contribution in [0.5, 0.6) is 0 Å². The highest BCUT2D eigenvalue weighted by molar-refractivity contribution is 5.97. The minimum absolute atomic E-state index is 0.333. The van der Waals surface area contributed by atoms with E-state index in [1.807, 2.05) is 19.2 Å². The van der Waals surface area contributed by atoms with Crippen molar-refractivity contribution in [3.05, 3.63) is 35.4 Å². The summed E-state index contributed by atoms with van der Waals surface area (Å²) in [7, 11) is 3.64. The van der Waals surface area contributed by atoms with E-state index in [0.717, 1.165) is 5.56 Å². The first-order valence-corrected chi connectivity index (χ1v) is 4.69. The fourth-order valence-electron chi connectivity index (χ4n) is 1.26. The predicted molar refractivity (Wildman–Crippen MR) is 60.6 cm³/mol. The fraction of sp³-hybridized carbons (Fsp3) is 0.364. The Bertz CT molecular complexity index is 331. The van der Waals surface area contributed by atoms with E-state index in [1.165, 1.54) is 5.56 Å². The topological polar surface area (TPSA) is 50.4 Å². The second kappa shape index (κ2) is 4.77. The second-order valence-electron chi connectivity index (χ2n) is 3.24. The van der Waals surface area contributed by atoms with Crippen molar-refractivity contribution in [3.63, 3.8) is 0 Å². The largest absolute Gasteiger partial charge is 0.384 e. The molecule has 0 bridgehead atoms. The summed E-state index contributed by atoms with van der Waals surface area (Å²) in [6.45, 7) is 2.11. The first-order chi connectivity index (χ1) is 6.69. The van der Waals surface area contributed by atoms with Gasteiger partial charge in [-0.15, -0.1) is 0 Å². The van der Waals surface area contributed by atoms with Gasteiger partial charge in [-0.3, -0.25) is 4.99 Å². The van der Waals surface area contributed by atoms with Crippen LogP contribution >= 0.6 is 0 Å². The Kier molecular flexibility index (Phi) is 3.65. The van der Waals surface area contributed by atoms with Crippen LogP contribution in [0, 0.1) is 0 Å². The van der Waals surface area contributed by atoms with Gasteiger partial charge in [0, 0.05) is 18.7 Å². The van der Waals surface area contributed by atoms with Crippen molar-refractivity contribution in [2.75, 3.05) is 14.1 Å². The summed E-state index contributed by atoms with van der Waals surface area (Å²) >= 11 is 0. The van der Waals surface area contributed by atoms with Gasteiger partial charge in [0.15, 0.2) is 0 Å². The van der Waals surface area contributed by atoms with Crippen LogP contribution in [-0.2, 0) is 0 Å². The number of hydrogen-bond acceptors (Lipinski definition) is 2. The van der Waals surface area contributed by atoms with Crippen molar-refractivity contribution in [3.8, 4) is 0 Å². The number of nitrogens with one attached hydrogen (secondary N) is 1. The minimum Gasteiger partial charge on any atom is -0.384 e. The molecule has 0 amide bonds. The molecule has 0 spiro atoms. The van der Waals surface area contributed by atoms with E-state index in [4.69, 9.17) is 5.73 Å². The van der Waals surface area contributed by atoms with Crippen LogP contribution in [0.4, 0.5) is 0 Å². The Morgan fingerprint density at radius 1 is 1.50 bits per heavy atom. The van der Waals surface area contributed by atoms with Crippen LogP contribution in [0.1, 0.15) is 24.1 Å². The van der Waals surface area contributed by atoms with Crippen LogP contribution in [0.2, 0.25) is 0 Å². The third-order valence-electron chi connectivity index (χ3n) is 2.36. The minimum atomic E-state index is 0.333. The molecule has 0 aliphatic rings. The molecule has 0 radical (unpaired) electrons. The van der Waals surface area contributed by atoms with E-state index >= 15 is 0 Å². The SMILES string of the molecule is CN=C(N)c1cccc(C(C)NC)c1. The zero-order valence-corrected chi connectivity index (χ0v) is 8.91. The molecule has 1 unspecified atom stereocenters. The molecule has 1 aromatic rings. The number of nitrogens with zero attached hydrogens (tertiary/aromatic N) is 1. The first-order valence-electron chi connectivity index (χ1n) is 4.69. The lowest BCUT2D eigenvalue weighted by Crippen LogP contribution is -2.16. The molecule has 0 aliphatic heterocycles. The molecule has 14 heavy (non-hydrogen) atoms. The molecule has 0 heterocycles. The van der Waals surface area contributed by atoms with Crippen LogP contribution < -0.4 is 11.1 Å². The molecule has 3 N–H and O–H groups in total. The van der Waals surface area contributed by atoms with Gasteiger partial charge in [-0.1, -0.05) is 18.2 Å². The fourth-order valence-corrected chi connectivity index (χ4v) is 1.26. The van der Waals surface area contributed by atoms with Crippen molar-refractivity contribution < 1.29 is 0 Å². The van der Waals surface area contributed by atoms with Gasteiger partial charge in [0.05, 0.1) is 0 Å². The number of aliphatic imine (C=N–C) groups is 1. The molecule has 3 nitrogen and oxygen atoms in total. The first kappa shape index (κ1) is 10.7. The molecule has 0 aliphatic carbocycles. The Labute approximate surface area is 85.0 Å². The molecule has 0 aromatic heterocycles. The van der Waals surface area contributed by atoms with Crippen LogP contribution in [0.3, 0.4) is 0 Å². The van der Waals surface area contributed by atoms with Gasteiger partial charge in [-0.25, -0.2) is 0 Å². The van der Waals surface area contributed by atoms with Gasteiger partial charge in [-0.05, 0) is 25.6 Å². The summed E-state index contributed by atoms with van der Waals surface area (Å²) < 4.78 is 0. The van der Waals surface area contributed by atoms with Crippen LogP contribution in [0.25, 0.3) is 0 Å². The third-order valence-corrected chi connectivity index (χ3v) is 2.36. The monoisotopic (exact) mass is 191 g/mol. The van der Waals surface area contributed by atoms with E-state index in [-0.39, 0.29) is 0 Å². The van der Waals surface area contributed by atoms with Gasteiger partial charge in [0.2, 0.25) is 0 Å². The molecule has 1 aromatic carbocycles. The Hall–Kier alpha value is -1.35. The molecule has 1 rings (SSSR count). The van der Waals surface area contributed by atoms with Crippen molar-refractivity contribution in [1.29, 1.82) is 0 Å². The molecule has 0 saturated heterocycles. The summed E-state index contributed by atoms with van der Waals surface area (Å²) in [5, 5.41) is 3.18. The van der Waals surface area contributed by atoms with E-state index in [1.54, 1.807) is 7.05 Å². The lowest BCUT2D eigenvalue weighted by molar-refractivity contribution is 0.652. The maximum atomic E-state index is 5.73. The highest BCUT2D eigenvalue weighted by Gasteiger charge is 2.04. The quantitative estimate of drug-likeness (QED) is 0.559. The standard InChI is InChI=1S/C11H17N3/c1-8(13-2)9-5-4-6-10(7-9)11(12)14-3/h4-8,13H,1-3H3,(H2,12,14). The van der Waals surface area contributed by atoms with Gasteiger partial charge < -0.3 is 11.1 Å². The zero-order chi connectivity index (χ0) is 10.6. The van der Waals surface area contributed by atoms with Gasteiger partial charge in [-0.2, -0.15) is 0 Å². The predicted octanol–water partition coefficient (Wildman–Crippen LogP) is 1.30. The molecule has 76 valence electrons. The molecule has 0 saturated carbocycles. The summed E-state index contributed by atoms with van der Waals surface area (Å²) in [5.74, 6) is 0.579. The summed E-state index contributed by atoms with van der Waals surface area (Å²) in [5.41, 5.74) is 7.93. The van der Waals surface area contributed by atoms with E-state index in [2.05, 4.69) is 29.4 Å². The molecular weight excluding hydrogens is 174 g/mol. The van der Waals surface area contributed by atoms with Crippen molar-refractivity contribution in [1.82, 2.24) is 5.32 Å². The number of benzene rings is 1. The number of rotatable bonds is 3. The Morgan fingerprint density at radius 2 is 2.21 bits per heavy atom. The normalized spacial score (nSPS) is 14.1. The lowest BCUT2D eigenvalue weighted by Gasteiger charge is -2.11.